The summed E-state index contributed by atoms with van der Waals surface area (Å²) >= 11 is 5.97. The van der Waals surface area contributed by atoms with Crippen LogP contribution in [0.5, 0.6) is 5.75 Å². The third-order valence-electron chi connectivity index (χ3n) is 4.73. The predicted molar refractivity (Wildman–Crippen MR) is 117 cm³/mol. The molecular formula is C25H25ClO3. The lowest BCUT2D eigenvalue weighted by Crippen LogP contribution is -2.23. The number of esters is 1. The van der Waals surface area contributed by atoms with Gasteiger partial charge >= 0.3 is 5.97 Å². The van der Waals surface area contributed by atoms with Gasteiger partial charge in [0.1, 0.15) is 11.5 Å². The Morgan fingerprint density at radius 2 is 1.79 bits per heavy atom. The number of carbonyl (C=O) groups is 1. The average Bonchev–Trinajstić information content (AvgIpc) is 3.03. The molecule has 0 saturated carbocycles. The third-order valence-corrected chi connectivity index (χ3v) is 4.98. The number of hydrogen-bond donors (Lipinski definition) is 0. The van der Waals surface area contributed by atoms with Crippen LogP contribution in [0, 0.1) is 12.8 Å². The second kappa shape index (κ2) is 9.62. The van der Waals surface area contributed by atoms with Crippen molar-refractivity contribution in [2.75, 3.05) is 0 Å². The number of hydrogen-bond acceptors (Lipinski definition) is 3. The Morgan fingerprint density at radius 1 is 1.10 bits per heavy atom. The molecule has 0 radical (unpaired) electrons. The Hall–Kier alpha value is -2.78. The van der Waals surface area contributed by atoms with E-state index >= 15 is 0 Å². The molecule has 1 heterocycles. The van der Waals surface area contributed by atoms with E-state index in [9.17, 15) is 4.79 Å². The van der Waals surface area contributed by atoms with Crippen molar-refractivity contribution in [3.05, 3.63) is 94.4 Å². The van der Waals surface area contributed by atoms with Crippen LogP contribution in [-0.2, 0) is 11.2 Å². The zero-order valence-electron chi connectivity index (χ0n) is 16.9. The minimum Gasteiger partial charge on any atom is -0.458 e. The van der Waals surface area contributed by atoms with Crippen molar-refractivity contribution in [1.29, 1.82) is 0 Å². The van der Waals surface area contributed by atoms with E-state index in [0.29, 0.717) is 22.3 Å². The molecule has 0 bridgehead atoms. The molecule has 0 spiro atoms. The maximum absolute atomic E-state index is 12.9. The number of benzene rings is 2. The Balaban J connectivity index is 1.70. The largest absolute Gasteiger partial charge is 0.458 e. The number of furan rings is 1. The fraction of sp³-hybridized carbons (Fsp3) is 0.240. The topological polar surface area (TPSA) is 39.4 Å². The molecular weight excluding hydrogens is 384 g/mol. The summed E-state index contributed by atoms with van der Waals surface area (Å²) in [5, 5.41) is 0.641. The first-order chi connectivity index (χ1) is 13.9. The van der Waals surface area contributed by atoms with Crippen LogP contribution < -0.4 is 4.74 Å². The minimum atomic E-state index is -0.376. The predicted octanol–water partition coefficient (Wildman–Crippen LogP) is 6.84. The molecule has 29 heavy (non-hydrogen) atoms. The minimum absolute atomic E-state index is 0.0844. The van der Waals surface area contributed by atoms with Crippen molar-refractivity contribution in [2.45, 2.75) is 33.1 Å². The van der Waals surface area contributed by atoms with Gasteiger partial charge in [-0.3, -0.25) is 4.79 Å². The van der Waals surface area contributed by atoms with Crippen molar-refractivity contribution in [1.82, 2.24) is 0 Å². The van der Waals surface area contributed by atoms with Gasteiger partial charge in [0.05, 0.1) is 5.92 Å². The first-order valence-electron chi connectivity index (χ1n) is 9.72. The lowest BCUT2D eigenvalue weighted by Gasteiger charge is -2.19. The van der Waals surface area contributed by atoms with Crippen LogP contribution in [0.3, 0.4) is 0 Å². The number of ether oxygens (including phenoxy) is 1. The van der Waals surface area contributed by atoms with Crippen LogP contribution in [0.15, 0.2) is 71.2 Å². The van der Waals surface area contributed by atoms with Crippen molar-refractivity contribution in [3.8, 4) is 5.75 Å². The van der Waals surface area contributed by atoms with Crippen LogP contribution in [0.25, 0.3) is 6.08 Å². The Kier molecular flexibility index (Phi) is 6.95. The van der Waals surface area contributed by atoms with E-state index in [4.69, 9.17) is 20.8 Å². The molecule has 3 nitrogen and oxygen atoms in total. The van der Waals surface area contributed by atoms with Crippen LogP contribution in [0.1, 0.15) is 42.4 Å². The van der Waals surface area contributed by atoms with Gasteiger partial charge in [0.15, 0.2) is 5.75 Å². The van der Waals surface area contributed by atoms with Gasteiger partial charge in [-0.25, -0.2) is 0 Å². The molecule has 0 aliphatic heterocycles. The number of allylic oxidation sites excluding steroid dienone is 1. The SMILES string of the molecule is Cc1oc(C=CCc2ccccc2)cc1OC(=O)C(c1ccc(Cl)cc1)C(C)C. The number of halogens is 1. The maximum Gasteiger partial charge on any atom is 0.319 e. The molecule has 2 aromatic carbocycles. The highest BCUT2D eigenvalue weighted by Crippen LogP contribution is 2.30. The molecule has 150 valence electrons. The molecule has 0 saturated heterocycles. The zero-order valence-corrected chi connectivity index (χ0v) is 17.6. The quantitative estimate of drug-likeness (QED) is 0.401. The van der Waals surface area contributed by atoms with E-state index < -0.39 is 0 Å². The molecule has 3 aromatic rings. The summed E-state index contributed by atoms with van der Waals surface area (Å²) in [6.45, 7) is 5.80. The summed E-state index contributed by atoms with van der Waals surface area (Å²) < 4.78 is 11.4. The molecule has 3 rings (SSSR count). The standard InChI is InChI=1S/C25H25ClO3/c1-17(2)24(20-12-14-21(26)15-13-20)25(27)29-23-16-22(28-18(23)3)11-7-10-19-8-5-4-6-9-19/h4-9,11-17,24H,10H2,1-3H3. The summed E-state index contributed by atoms with van der Waals surface area (Å²) in [7, 11) is 0. The molecule has 0 fully saturated rings. The second-order valence-electron chi connectivity index (χ2n) is 7.36. The molecule has 0 aliphatic carbocycles. The first-order valence-corrected chi connectivity index (χ1v) is 10.1. The van der Waals surface area contributed by atoms with E-state index in [-0.39, 0.29) is 17.8 Å². The van der Waals surface area contributed by atoms with E-state index in [1.807, 2.05) is 56.3 Å². The summed E-state index contributed by atoms with van der Waals surface area (Å²) in [5.74, 6) is 1.10. The van der Waals surface area contributed by atoms with Gasteiger partial charge in [-0.15, -0.1) is 0 Å². The van der Waals surface area contributed by atoms with E-state index in [2.05, 4.69) is 12.1 Å². The zero-order chi connectivity index (χ0) is 20.8. The lowest BCUT2D eigenvalue weighted by atomic mass is 9.88. The maximum atomic E-state index is 12.9. The molecule has 1 unspecified atom stereocenters. The fourth-order valence-electron chi connectivity index (χ4n) is 3.23. The average molecular weight is 409 g/mol. The second-order valence-corrected chi connectivity index (χ2v) is 7.79. The highest BCUT2D eigenvalue weighted by Gasteiger charge is 2.27. The summed E-state index contributed by atoms with van der Waals surface area (Å²) in [6, 6.07) is 19.3. The Morgan fingerprint density at radius 3 is 2.45 bits per heavy atom. The number of carbonyl (C=O) groups excluding carboxylic acids is 1. The molecule has 0 aliphatic rings. The van der Waals surface area contributed by atoms with Gasteiger partial charge in [-0.2, -0.15) is 0 Å². The lowest BCUT2D eigenvalue weighted by molar-refractivity contribution is -0.137. The molecule has 1 aromatic heterocycles. The van der Waals surface area contributed by atoms with Crippen LogP contribution in [0.2, 0.25) is 5.02 Å². The molecule has 1 atom stereocenters. The van der Waals surface area contributed by atoms with Gasteiger partial charge in [-0.05, 0) is 48.6 Å². The Labute approximate surface area is 177 Å². The number of rotatable bonds is 7. The summed E-state index contributed by atoms with van der Waals surface area (Å²) in [4.78, 5) is 12.9. The number of aryl methyl sites for hydroxylation is 1. The van der Waals surface area contributed by atoms with Gasteiger partial charge < -0.3 is 9.15 Å². The highest BCUT2D eigenvalue weighted by molar-refractivity contribution is 6.30. The van der Waals surface area contributed by atoms with E-state index in [0.717, 1.165) is 12.0 Å². The van der Waals surface area contributed by atoms with Crippen LogP contribution in [0.4, 0.5) is 0 Å². The summed E-state index contributed by atoms with van der Waals surface area (Å²) in [6.07, 6.45) is 4.74. The monoisotopic (exact) mass is 408 g/mol. The van der Waals surface area contributed by atoms with Gasteiger partial charge in [0, 0.05) is 11.1 Å². The van der Waals surface area contributed by atoms with Gasteiger partial charge in [0.25, 0.3) is 0 Å². The normalized spacial score (nSPS) is 12.4. The first kappa shape index (κ1) is 20.9. The molecule has 0 amide bonds. The highest BCUT2D eigenvalue weighted by atomic mass is 35.5. The van der Waals surface area contributed by atoms with Crippen LogP contribution in [-0.4, -0.2) is 5.97 Å². The van der Waals surface area contributed by atoms with Crippen molar-refractivity contribution in [3.63, 3.8) is 0 Å². The molecule has 4 heteroatoms. The van der Waals surface area contributed by atoms with E-state index in [1.165, 1.54) is 5.56 Å². The van der Waals surface area contributed by atoms with Gasteiger partial charge in [-0.1, -0.05) is 74.0 Å². The van der Waals surface area contributed by atoms with E-state index in [1.54, 1.807) is 25.1 Å². The summed E-state index contributed by atoms with van der Waals surface area (Å²) in [5.41, 5.74) is 2.11. The van der Waals surface area contributed by atoms with Crippen molar-refractivity contribution < 1.29 is 13.9 Å². The smallest absolute Gasteiger partial charge is 0.319 e. The fourth-order valence-corrected chi connectivity index (χ4v) is 3.36. The molecule has 0 N–H and O–H groups in total. The Bertz CT molecular complexity index is 969. The third kappa shape index (κ3) is 5.61. The van der Waals surface area contributed by atoms with Crippen molar-refractivity contribution >= 4 is 23.6 Å². The van der Waals surface area contributed by atoms with Gasteiger partial charge in [0.2, 0.25) is 0 Å². The van der Waals surface area contributed by atoms with Crippen molar-refractivity contribution in [2.24, 2.45) is 5.92 Å². The van der Waals surface area contributed by atoms with Crippen LogP contribution >= 0.6 is 11.6 Å².